The quantitative estimate of drug-likeness (QED) is 0.685. The molecule has 0 heterocycles. The molecule has 0 bridgehead atoms. The van der Waals surface area contributed by atoms with Gasteiger partial charge in [0.2, 0.25) is 0 Å². The monoisotopic (exact) mass is 278 g/mol. The van der Waals surface area contributed by atoms with Crippen LogP contribution in [0.5, 0.6) is 0 Å². The lowest BCUT2D eigenvalue weighted by molar-refractivity contribution is -0.384. The molecule has 0 aliphatic rings. The molecule has 5 nitrogen and oxygen atoms in total. The molecule has 0 spiro atoms. The zero-order chi connectivity index (χ0) is 13.8. The predicted octanol–water partition coefficient (Wildman–Crippen LogP) is 3.64. The maximum Gasteiger partial charge on any atom is 0.269 e. The van der Waals surface area contributed by atoms with Gasteiger partial charge in [-0.15, -0.1) is 0 Å². The van der Waals surface area contributed by atoms with Gasteiger partial charge in [0.25, 0.3) is 5.69 Å². The first-order valence-corrected chi connectivity index (χ1v) is 5.89. The van der Waals surface area contributed by atoms with E-state index < -0.39 is 4.92 Å². The molecule has 98 valence electrons. The van der Waals surface area contributed by atoms with E-state index in [1.54, 1.807) is 36.4 Å². The Labute approximate surface area is 114 Å². The standard InChI is InChI=1S/C13H11ClN2O3/c14-11-2-1-3-13(8-11)15(17)9-10-4-6-12(7-5-10)16(18)19/h1-8,17H,9H2. The summed E-state index contributed by atoms with van der Waals surface area (Å²) < 4.78 is 0. The van der Waals surface area contributed by atoms with E-state index in [0.717, 1.165) is 10.6 Å². The predicted molar refractivity (Wildman–Crippen MR) is 72.5 cm³/mol. The summed E-state index contributed by atoms with van der Waals surface area (Å²) >= 11 is 5.83. The molecule has 0 radical (unpaired) electrons. The number of benzene rings is 2. The fourth-order valence-electron chi connectivity index (χ4n) is 1.62. The van der Waals surface area contributed by atoms with Crippen LogP contribution in [0.25, 0.3) is 0 Å². The Morgan fingerprint density at radius 3 is 2.47 bits per heavy atom. The maximum atomic E-state index is 10.5. The molecule has 0 aliphatic carbocycles. The highest BCUT2D eigenvalue weighted by molar-refractivity contribution is 6.30. The zero-order valence-corrected chi connectivity index (χ0v) is 10.6. The Hall–Kier alpha value is -2.11. The van der Waals surface area contributed by atoms with Gasteiger partial charge in [0, 0.05) is 17.2 Å². The largest absolute Gasteiger partial charge is 0.288 e. The molecule has 0 fully saturated rings. The van der Waals surface area contributed by atoms with Crippen LogP contribution < -0.4 is 5.06 Å². The first-order chi connectivity index (χ1) is 9.06. The molecule has 0 amide bonds. The summed E-state index contributed by atoms with van der Waals surface area (Å²) in [6.07, 6.45) is 0. The van der Waals surface area contributed by atoms with Crippen molar-refractivity contribution in [2.75, 3.05) is 5.06 Å². The van der Waals surface area contributed by atoms with Crippen molar-refractivity contribution in [2.24, 2.45) is 0 Å². The summed E-state index contributed by atoms with van der Waals surface area (Å²) in [6.45, 7) is 0.221. The third kappa shape index (κ3) is 3.43. The minimum absolute atomic E-state index is 0.0241. The van der Waals surface area contributed by atoms with Crippen molar-refractivity contribution >= 4 is 23.0 Å². The number of hydrogen-bond acceptors (Lipinski definition) is 4. The van der Waals surface area contributed by atoms with Gasteiger partial charge in [-0.25, -0.2) is 0 Å². The molecule has 0 unspecified atom stereocenters. The normalized spacial score (nSPS) is 10.2. The molecule has 6 heteroatoms. The summed E-state index contributed by atoms with van der Waals surface area (Å²) in [5, 5.41) is 22.0. The van der Waals surface area contributed by atoms with E-state index in [9.17, 15) is 15.3 Å². The van der Waals surface area contributed by atoms with Gasteiger partial charge in [-0.05, 0) is 23.8 Å². The summed E-state index contributed by atoms with van der Waals surface area (Å²) in [5.41, 5.74) is 1.34. The third-order valence-electron chi connectivity index (χ3n) is 2.59. The molecule has 2 aromatic carbocycles. The Bertz CT molecular complexity index is 587. The fraction of sp³-hybridized carbons (Fsp3) is 0.0769. The molecule has 1 N–H and O–H groups in total. The molecule has 0 saturated carbocycles. The molecule has 0 atom stereocenters. The van der Waals surface area contributed by atoms with Gasteiger partial charge >= 0.3 is 0 Å². The highest BCUT2D eigenvalue weighted by Gasteiger charge is 2.07. The van der Waals surface area contributed by atoms with Gasteiger partial charge in [0.05, 0.1) is 17.2 Å². The second kappa shape index (κ2) is 5.69. The van der Waals surface area contributed by atoms with Gasteiger partial charge in [0.1, 0.15) is 0 Å². The summed E-state index contributed by atoms with van der Waals surface area (Å²) in [5.74, 6) is 0. The molecule has 0 aliphatic heterocycles. The van der Waals surface area contributed by atoms with Gasteiger partial charge < -0.3 is 0 Å². The van der Waals surface area contributed by atoms with Crippen LogP contribution in [0.1, 0.15) is 5.56 Å². The average Bonchev–Trinajstić information content (AvgIpc) is 2.39. The van der Waals surface area contributed by atoms with Crippen LogP contribution >= 0.6 is 11.6 Å². The lowest BCUT2D eigenvalue weighted by Crippen LogP contribution is -2.17. The van der Waals surface area contributed by atoms with E-state index >= 15 is 0 Å². The molecule has 0 saturated heterocycles. The maximum absolute atomic E-state index is 10.5. The SMILES string of the molecule is O=[N+]([O-])c1ccc(CN(O)c2cccc(Cl)c2)cc1. The number of hydrogen-bond donors (Lipinski definition) is 1. The highest BCUT2D eigenvalue weighted by atomic mass is 35.5. The van der Waals surface area contributed by atoms with E-state index in [2.05, 4.69) is 0 Å². The van der Waals surface area contributed by atoms with Crippen molar-refractivity contribution in [3.05, 3.63) is 69.2 Å². The lowest BCUT2D eigenvalue weighted by Gasteiger charge is -2.17. The van der Waals surface area contributed by atoms with Gasteiger partial charge in [-0.2, -0.15) is 0 Å². The number of halogens is 1. The Kier molecular flexibility index (Phi) is 3.99. The smallest absolute Gasteiger partial charge is 0.269 e. The second-order valence-electron chi connectivity index (χ2n) is 3.96. The topological polar surface area (TPSA) is 66.6 Å². The van der Waals surface area contributed by atoms with Crippen molar-refractivity contribution in [1.29, 1.82) is 0 Å². The first-order valence-electron chi connectivity index (χ1n) is 5.51. The molecular formula is C13H11ClN2O3. The number of nitrogens with zero attached hydrogens (tertiary/aromatic N) is 2. The van der Waals surface area contributed by atoms with Crippen LogP contribution in [0.3, 0.4) is 0 Å². The summed E-state index contributed by atoms with van der Waals surface area (Å²) in [4.78, 5) is 10.1. The van der Waals surface area contributed by atoms with Crippen molar-refractivity contribution < 1.29 is 10.1 Å². The van der Waals surface area contributed by atoms with E-state index in [1.165, 1.54) is 12.1 Å². The minimum atomic E-state index is -0.461. The summed E-state index contributed by atoms with van der Waals surface area (Å²) in [6, 6.07) is 12.8. The Balaban J connectivity index is 2.10. The molecular weight excluding hydrogens is 268 g/mol. The number of rotatable bonds is 4. The minimum Gasteiger partial charge on any atom is -0.288 e. The van der Waals surface area contributed by atoms with Crippen LogP contribution in [0.4, 0.5) is 11.4 Å². The molecule has 2 rings (SSSR count). The van der Waals surface area contributed by atoms with Crippen LogP contribution in [0.2, 0.25) is 5.02 Å². The van der Waals surface area contributed by atoms with Crippen molar-refractivity contribution in [3.8, 4) is 0 Å². The van der Waals surface area contributed by atoms with Gasteiger partial charge in [0.15, 0.2) is 0 Å². The Morgan fingerprint density at radius 2 is 1.89 bits per heavy atom. The van der Waals surface area contributed by atoms with Crippen LogP contribution in [0, 0.1) is 10.1 Å². The number of anilines is 1. The number of hydroxylamine groups is 1. The zero-order valence-electron chi connectivity index (χ0n) is 9.86. The van der Waals surface area contributed by atoms with Gasteiger partial charge in [-0.3, -0.25) is 20.4 Å². The lowest BCUT2D eigenvalue weighted by atomic mass is 10.2. The van der Waals surface area contributed by atoms with E-state index in [1.807, 2.05) is 0 Å². The van der Waals surface area contributed by atoms with Crippen molar-refractivity contribution in [3.63, 3.8) is 0 Å². The summed E-state index contributed by atoms with van der Waals surface area (Å²) in [7, 11) is 0. The van der Waals surface area contributed by atoms with Crippen LogP contribution in [-0.4, -0.2) is 10.1 Å². The molecule has 0 aromatic heterocycles. The molecule has 19 heavy (non-hydrogen) atoms. The fourth-order valence-corrected chi connectivity index (χ4v) is 1.81. The average molecular weight is 279 g/mol. The second-order valence-corrected chi connectivity index (χ2v) is 4.40. The van der Waals surface area contributed by atoms with Crippen molar-refractivity contribution in [2.45, 2.75) is 6.54 Å². The van der Waals surface area contributed by atoms with Crippen LogP contribution in [-0.2, 0) is 6.54 Å². The van der Waals surface area contributed by atoms with Crippen molar-refractivity contribution in [1.82, 2.24) is 0 Å². The van der Waals surface area contributed by atoms with E-state index in [-0.39, 0.29) is 12.2 Å². The van der Waals surface area contributed by atoms with Crippen LogP contribution in [0.15, 0.2) is 48.5 Å². The van der Waals surface area contributed by atoms with E-state index in [0.29, 0.717) is 10.7 Å². The van der Waals surface area contributed by atoms with Gasteiger partial charge in [-0.1, -0.05) is 29.8 Å². The number of nitro groups is 1. The number of nitro benzene ring substituents is 1. The third-order valence-corrected chi connectivity index (χ3v) is 2.82. The Morgan fingerprint density at radius 1 is 1.21 bits per heavy atom. The molecule has 2 aromatic rings. The number of non-ortho nitro benzene ring substituents is 1. The highest BCUT2D eigenvalue weighted by Crippen LogP contribution is 2.20. The van der Waals surface area contributed by atoms with E-state index in [4.69, 9.17) is 11.6 Å². The first kappa shape index (κ1) is 13.3.